The number of nitro benzene ring substituents is 1. The Kier molecular flexibility index (Phi) is 3.14. The third kappa shape index (κ3) is 1.88. The molecule has 1 N–H and O–H groups in total. The smallest absolute Gasteiger partial charge is 0.297 e. The van der Waals surface area contributed by atoms with E-state index >= 15 is 0 Å². The summed E-state index contributed by atoms with van der Waals surface area (Å²) in [5.74, 6) is 0.353. The maximum atomic E-state index is 10.7. The van der Waals surface area contributed by atoms with Crippen LogP contribution < -0.4 is 10.1 Å². The van der Waals surface area contributed by atoms with E-state index in [1.807, 2.05) is 0 Å². The maximum absolute atomic E-state index is 10.7. The number of rotatable bonds is 3. The van der Waals surface area contributed by atoms with Crippen LogP contribution in [0.1, 0.15) is 0 Å². The van der Waals surface area contributed by atoms with Crippen LogP contribution in [0.5, 0.6) is 5.75 Å². The van der Waals surface area contributed by atoms with Crippen LogP contribution in [0.2, 0.25) is 5.02 Å². The van der Waals surface area contributed by atoms with Gasteiger partial charge in [0.25, 0.3) is 5.69 Å². The van der Waals surface area contributed by atoms with Gasteiger partial charge in [0.15, 0.2) is 11.4 Å². The van der Waals surface area contributed by atoms with Crippen molar-refractivity contribution in [1.29, 1.82) is 0 Å². The predicted molar refractivity (Wildman–Crippen MR) is 54.2 cm³/mol. The third-order valence-corrected chi connectivity index (χ3v) is 1.93. The van der Waals surface area contributed by atoms with Crippen molar-refractivity contribution in [3.05, 3.63) is 27.3 Å². The van der Waals surface area contributed by atoms with E-state index in [0.717, 1.165) is 0 Å². The van der Waals surface area contributed by atoms with Gasteiger partial charge >= 0.3 is 0 Å². The largest absolute Gasteiger partial charge is 0.494 e. The van der Waals surface area contributed by atoms with Crippen LogP contribution in [0.4, 0.5) is 11.4 Å². The number of halogens is 1. The van der Waals surface area contributed by atoms with Gasteiger partial charge < -0.3 is 10.1 Å². The van der Waals surface area contributed by atoms with Crippen LogP contribution in [-0.2, 0) is 0 Å². The summed E-state index contributed by atoms with van der Waals surface area (Å²) in [6.45, 7) is 0. The Morgan fingerprint density at radius 3 is 2.64 bits per heavy atom. The highest BCUT2D eigenvalue weighted by molar-refractivity contribution is 6.31. The molecular formula is C8H9ClN2O3. The zero-order valence-electron chi connectivity index (χ0n) is 7.70. The van der Waals surface area contributed by atoms with E-state index in [2.05, 4.69) is 5.32 Å². The van der Waals surface area contributed by atoms with E-state index in [1.54, 1.807) is 7.05 Å². The SMILES string of the molecule is CNc1c(OC)cc(Cl)cc1[N+](=O)[O-]. The van der Waals surface area contributed by atoms with Gasteiger partial charge in [-0.05, 0) is 0 Å². The molecule has 1 aromatic carbocycles. The van der Waals surface area contributed by atoms with Crippen molar-refractivity contribution in [1.82, 2.24) is 0 Å². The lowest BCUT2D eigenvalue weighted by Crippen LogP contribution is -1.99. The summed E-state index contributed by atoms with van der Waals surface area (Å²) >= 11 is 5.69. The molecule has 14 heavy (non-hydrogen) atoms. The second-order valence-corrected chi connectivity index (χ2v) is 2.95. The van der Waals surface area contributed by atoms with Crippen molar-refractivity contribution < 1.29 is 9.66 Å². The van der Waals surface area contributed by atoms with E-state index < -0.39 is 4.92 Å². The predicted octanol–water partition coefficient (Wildman–Crippen LogP) is 2.30. The van der Waals surface area contributed by atoms with Crippen LogP contribution in [-0.4, -0.2) is 19.1 Å². The number of methoxy groups -OCH3 is 1. The van der Waals surface area contributed by atoms with Gasteiger partial charge in [-0.1, -0.05) is 11.6 Å². The molecule has 0 saturated heterocycles. The second kappa shape index (κ2) is 4.15. The van der Waals surface area contributed by atoms with Crippen molar-refractivity contribution in [2.45, 2.75) is 0 Å². The highest BCUT2D eigenvalue weighted by atomic mass is 35.5. The summed E-state index contributed by atoms with van der Waals surface area (Å²) in [6, 6.07) is 2.79. The number of nitrogens with one attached hydrogen (secondary N) is 1. The van der Waals surface area contributed by atoms with Crippen LogP contribution in [0.3, 0.4) is 0 Å². The highest BCUT2D eigenvalue weighted by Gasteiger charge is 2.18. The summed E-state index contributed by atoms with van der Waals surface area (Å²) < 4.78 is 4.96. The fourth-order valence-corrected chi connectivity index (χ4v) is 1.33. The van der Waals surface area contributed by atoms with E-state index in [4.69, 9.17) is 16.3 Å². The van der Waals surface area contributed by atoms with Gasteiger partial charge in [0.2, 0.25) is 0 Å². The van der Waals surface area contributed by atoms with E-state index in [9.17, 15) is 10.1 Å². The van der Waals surface area contributed by atoms with Gasteiger partial charge in [0, 0.05) is 19.2 Å². The molecule has 0 atom stereocenters. The molecule has 0 aliphatic heterocycles. The molecule has 0 radical (unpaired) electrons. The number of hydrogen-bond acceptors (Lipinski definition) is 4. The summed E-state index contributed by atoms with van der Waals surface area (Å²) in [6.07, 6.45) is 0. The average Bonchev–Trinajstić information content (AvgIpc) is 2.16. The Balaban J connectivity index is 3.39. The Morgan fingerprint density at radius 2 is 2.21 bits per heavy atom. The Bertz CT molecular complexity index is 368. The highest BCUT2D eigenvalue weighted by Crippen LogP contribution is 2.36. The van der Waals surface area contributed by atoms with Gasteiger partial charge in [-0.25, -0.2) is 0 Å². The number of hydrogen-bond donors (Lipinski definition) is 1. The molecule has 0 aliphatic rings. The molecule has 0 spiro atoms. The minimum absolute atomic E-state index is 0.100. The third-order valence-electron chi connectivity index (χ3n) is 1.71. The van der Waals surface area contributed by atoms with Crippen LogP contribution in [0.25, 0.3) is 0 Å². The van der Waals surface area contributed by atoms with Gasteiger partial charge in [-0.2, -0.15) is 0 Å². The Hall–Kier alpha value is -1.49. The molecule has 76 valence electrons. The van der Waals surface area contributed by atoms with Gasteiger partial charge in [-0.15, -0.1) is 0 Å². The molecule has 0 aliphatic carbocycles. The normalized spacial score (nSPS) is 9.64. The van der Waals surface area contributed by atoms with E-state index in [0.29, 0.717) is 11.4 Å². The molecule has 0 fully saturated rings. The molecule has 5 nitrogen and oxygen atoms in total. The molecule has 0 aromatic heterocycles. The van der Waals surface area contributed by atoms with Crippen LogP contribution in [0, 0.1) is 10.1 Å². The summed E-state index contributed by atoms with van der Waals surface area (Å²) in [5, 5.41) is 13.6. The van der Waals surface area contributed by atoms with E-state index in [-0.39, 0.29) is 10.7 Å². The van der Waals surface area contributed by atoms with E-state index in [1.165, 1.54) is 19.2 Å². The molecule has 0 unspecified atom stereocenters. The topological polar surface area (TPSA) is 64.4 Å². The molecular weight excluding hydrogens is 208 g/mol. The lowest BCUT2D eigenvalue weighted by atomic mass is 10.2. The van der Waals surface area contributed by atoms with Crippen LogP contribution in [0.15, 0.2) is 12.1 Å². The number of anilines is 1. The van der Waals surface area contributed by atoms with Crippen molar-refractivity contribution in [3.8, 4) is 5.75 Å². The van der Waals surface area contributed by atoms with Crippen molar-refractivity contribution in [3.63, 3.8) is 0 Å². The second-order valence-electron chi connectivity index (χ2n) is 2.51. The van der Waals surface area contributed by atoms with Gasteiger partial charge in [-0.3, -0.25) is 10.1 Å². The first-order valence-electron chi connectivity index (χ1n) is 3.79. The zero-order chi connectivity index (χ0) is 10.7. The minimum atomic E-state index is -0.514. The van der Waals surface area contributed by atoms with Gasteiger partial charge in [0.1, 0.15) is 0 Å². The number of ether oxygens (including phenoxy) is 1. The summed E-state index contributed by atoms with van der Waals surface area (Å²) in [5.41, 5.74) is 0.221. The fourth-order valence-electron chi connectivity index (χ4n) is 1.12. The Morgan fingerprint density at radius 1 is 1.57 bits per heavy atom. The number of nitro groups is 1. The first kappa shape index (κ1) is 10.6. The first-order valence-corrected chi connectivity index (χ1v) is 4.17. The number of nitrogens with zero attached hydrogens (tertiary/aromatic N) is 1. The zero-order valence-corrected chi connectivity index (χ0v) is 8.46. The summed E-state index contributed by atoms with van der Waals surface area (Å²) in [4.78, 5) is 10.1. The van der Waals surface area contributed by atoms with Crippen molar-refractivity contribution in [2.75, 3.05) is 19.5 Å². The average molecular weight is 217 g/mol. The molecule has 0 bridgehead atoms. The lowest BCUT2D eigenvalue weighted by Gasteiger charge is -2.08. The standard InChI is InChI=1S/C8H9ClN2O3/c1-10-8-6(11(12)13)3-5(9)4-7(8)14-2/h3-4,10H,1-2H3. The monoisotopic (exact) mass is 216 g/mol. The molecule has 1 aromatic rings. The molecule has 6 heteroatoms. The Labute approximate surface area is 85.8 Å². The fraction of sp³-hybridized carbons (Fsp3) is 0.250. The molecule has 0 saturated carbocycles. The molecule has 0 heterocycles. The quantitative estimate of drug-likeness (QED) is 0.622. The minimum Gasteiger partial charge on any atom is -0.494 e. The lowest BCUT2D eigenvalue weighted by molar-refractivity contribution is -0.384. The molecule has 1 rings (SSSR count). The summed E-state index contributed by atoms with van der Waals surface area (Å²) in [7, 11) is 3.01. The molecule has 0 amide bonds. The maximum Gasteiger partial charge on any atom is 0.297 e. The van der Waals surface area contributed by atoms with Gasteiger partial charge in [0.05, 0.1) is 17.1 Å². The number of benzene rings is 1. The van der Waals surface area contributed by atoms with Crippen molar-refractivity contribution in [2.24, 2.45) is 0 Å². The first-order chi connectivity index (χ1) is 6.60. The van der Waals surface area contributed by atoms with Crippen molar-refractivity contribution >= 4 is 23.0 Å². The van der Waals surface area contributed by atoms with Crippen LogP contribution >= 0.6 is 11.6 Å².